The van der Waals surface area contributed by atoms with E-state index in [9.17, 15) is 18.0 Å². The zero-order valence-electron chi connectivity index (χ0n) is 15.8. The minimum atomic E-state index is -3.51. The number of piperidine rings is 1. The van der Waals surface area contributed by atoms with Crippen LogP contribution in [0.2, 0.25) is 0 Å². The standard InChI is InChI=1S/C19H24N4O4S/c1-15-13-18(24)22(14-21-15)12-9-20-19(25)16-5-7-17(8-6-16)28(26,27)23-10-3-2-4-11-23/h5-8,13-14H,2-4,9-12H2,1H3,(H,20,25). The van der Waals surface area contributed by atoms with E-state index in [4.69, 9.17) is 0 Å². The molecule has 1 fully saturated rings. The zero-order valence-corrected chi connectivity index (χ0v) is 16.6. The number of nitrogens with one attached hydrogen (secondary N) is 1. The van der Waals surface area contributed by atoms with E-state index >= 15 is 0 Å². The number of carbonyl (C=O) groups excluding carboxylic acids is 1. The van der Waals surface area contributed by atoms with Crippen LogP contribution in [0.25, 0.3) is 0 Å². The predicted molar refractivity (Wildman–Crippen MR) is 105 cm³/mol. The van der Waals surface area contributed by atoms with E-state index in [0.717, 1.165) is 19.3 Å². The van der Waals surface area contributed by atoms with Crippen LogP contribution in [0.1, 0.15) is 35.3 Å². The second-order valence-electron chi connectivity index (χ2n) is 6.81. The van der Waals surface area contributed by atoms with Gasteiger partial charge >= 0.3 is 0 Å². The number of sulfonamides is 1. The average molecular weight is 404 g/mol. The van der Waals surface area contributed by atoms with Crippen molar-refractivity contribution in [1.82, 2.24) is 19.2 Å². The van der Waals surface area contributed by atoms with Gasteiger partial charge in [-0.25, -0.2) is 13.4 Å². The predicted octanol–water partition coefficient (Wildman–Crippen LogP) is 1.16. The van der Waals surface area contributed by atoms with Crippen molar-refractivity contribution in [2.45, 2.75) is 37.6 Å². The molecule has 8 nitrogen and oxygen atoms in total. The molecule has 2 aromatic rings. The van der Waals surface area contributed by atoms with Gasteiger partial charge in [0.1, 0.15) is 0 Å². The minimum Gasteiger partial charge on any atom is -0.350 e. The third-order valence-electron chi connectivity index (χ3n) is 4.72. The number of hydrogen-bond acceptors (Lipinski definition) is 5. The molecule has 1 amide bonds. The van der Waals surface area contributed by atoms with Crippen molar-refractivity contribution in [1.29, 1.82) is 0 Å². The molecule has 0 radical (unpaired) electrons. The minimum absolute atomic E-state index is 0.172. The first kappa shape index (κ1) is 20.2. The van der Waals surface area contributed by atoms with E-state index in [1.165, 1.54) is 45.5 Å². The van der Waals surface area contributed by atoms with Crippen LogP contribution < -0.4 is 10.9 Å². The first-order valence-corrected chi connectivity index (χ1v) is 10.7. The Hall–Kier alpha value is -2.52. The Balaban J connectivity index is 1.59. The van der Waals surface area contributed by atoms with Crippen molar-refractivity contribution in [3.8, 4) is 0 Å². The lowest BCUT2D eigenvalue weighted by Gasteiger charge is -2.25. The molecule has 0 saturated carbocycles. The summed E-state index contributed by atoms with van der Waals surface area (Å²) in [4.78, 5) is 28.3. The molecule has 0 bridgehead atoms. The number of rotatable bonds is 6. The smallest absolute Gasteiger partial charge is 0.253 e. The monoisotopic (exact) mass is 404 g/mol. The van der Waals surface area contributed by atoms with Crippen molar-refractivity contribution in [3.05, 3.63) is 58.3 Å². The second kappa shape index (κ2) is 8.66. The van der Waals surface area contributed by atoms with Crippen LogP contribution in [0.15, 0.2) is 46.3 Å². The molecule has 0 spiro atoms. The molecule has 28 heavy (non-hydrogen) atoms. The molecule has 1 saturated heterocycles. The molecule has 0 aliphatic carbocycles. The molecule has 9 heteroatoms. The summed E-state index contributed by atoms with van der Waals surface area (Å²) in [7, 11) is -3.51. The number of aromatic nitrogens is 2. The van der Waals surface area contributed by atoms with Gasteiger partial charge in [0.15, 0.2) is 0 Å². The summed E-state index contributed by atoms with van der Waals surface area (Å²) >= 11 is 0. The van der Waals surface area contributed by atoms with Crippen LogP contribution in [0, 0.1) is 6.92 Å². The Bertz CT molecular complexity index is 993. The van der Waals surface area contributed by atoms with Crippen molar-refractivity contribution in [3.63, 3.8) is 0 Å². The maximum atomic E-state index is 12.6. The first-order valence-electron chi connectivity index (χ1n) is 9.29. The summed E-state index contributed by atoms with van der Waals surface area (Å²) in [6.07, 6.45) is 4.25. The Morgan fingerprint density at radius 3 is 2.46 bits per heavy atom. The van der Waals surface area contributed by atoms with E-state index in [1.807, 2.05) is 0 Å². The molecular formula is C19H24N4O4S. The fraction of sp³-hybridized carbons (Fsp3) is 0.421. The van der Waals surface area contributed by atoms with Crippen molar-refractivity contribution < 1.29 is 13.2 Å². The van der Waals surface area contributed by atoms with E-state index < -0.39 is 10.0 Å². The number of aryl methyl sites for hydroxylation is 1. The SMILES string of the molecule is Cc1cc(=O)n(CCNC(=O)c2ccc(S(=O)(=O)N3CCCCC3)cc2)cn1. The Morgan fingerprint density at radius 1 is 1.14 bits per heavy atom. The quantitative estimate of drug-likeness (QED) is 0.778. The molecule has 3 rings (SSSR count). The largest absolute Gasteiger partial charge is 0.350 e. The summed E-state index contributed by atoms with van der Waals surface area (Å²) in [5.74, 6) is -0.324. The fourth-order valence-electron chi connectivity index (χ4n) is 3.11. The molecule has 1 aliphatic rings. The Kier molecular flexibility index (Phi) is 6.25. The normalized spacial score (nSPS) is 15.3. The molecule has 2 heterocycles. The summed E-state index contributed by atoms with van der Waals surface area (Å²) in [5.41, 5.74) is 0.839. The lowest BCUT2D eigenvalue weighted by molar-refractivity contribution is 0.0952. The lowest BCUT2D eigenvalue weighted by atomic mass is 10.2. The summed E-state index contributed by atoms with van der Waals surface area (Å²) in [6.45, 7) is 3.38. The number of hydrogen-bond donors (Lipinski definition) is 1. The summed E-state index contributed by atoms with van der Waals surface area (Å²) in [6, 6.07) is 7.38. The van der Waals surface area contributed by atoms with Gasteiger partial charge in [0.2, 0.25) is 10.0 Å². The van der Waals surface area contributed by atoms with Gasteiger partial charge in [-0.1, -0.05) is 6.42 Å². The summed E-state index contributed by atoms with van der Waals surface area (Å²) in [5, 5.41) is 2.72. The van der Waals surface area contributed by atoms with E-state index in [0.29, 0.717) is 30.9 Å². The molecule has 1 aliphatic heterocycles. The van der Waals surface area contributed by atoms with Crippen LogP contribution in [-0.4, -0.2) is 47.8 Å². The average Bonchev–Trinajstić information content (AvgIpc) is 2.70. The van der Waals surface area contributed by atoms with Gasteiger partial charge in [-0.05, 0) is 44.0 Å². The maximum Gasteiger partial charge on any atom is 0.253 e. The molecule has 0 atom stereocenters. The number of amides is 1. The molecule has 150 valence electrons. The zero-order chi connectivity index (χ0) is 20.1. The second-order valence-corrected chi connectivity index (χ2v) is 8.74. The topological polar surface area (TPSA) is 101 Å². The molecular weight excluding hydrogens is 380 g/mol. The highest BCUT2D eigenvalue weighted by Crippen LogP contribution is 2.20. The van der Waals surface area contributed by atoms with Crippen LogP contribution in [-0.2, 0) is 16.6 Å². The first-order chi connectivity index (χ1) is 13.4. The maximum absolute atomic E-state index is 12.6. The molecule has 1 aromatic carbocycles. The number of carbonyl (C=O) groups is 1. The lowest BCUT2D eigenvalue weighted by Crippen LogP contribution is -2.35. The Labute approximate surface area is 164 Å². The van der Waals surface area contributed by atoms with E-state index in [-0.39, 0.29) is 22.9 Å². The van der Waals surface area contributed by atoms with Gasteiger partial charge in [-0.15, -0.1) is 0 Å². The van der Waals surface area contributed by atoms with Crippen LogP contribution in [0.5, 0.6) is 0 Å². The van der Waals surface area contributed by atoms with Crippen molar-refractivity contribution in [2.24, 2.45) is 0 Å². The van der Waals surface area contributed by atoms with Crippen molar-refractivity contribution in [2.75, 3.05) is 19.6 Å². The molecule has 1 N–H and O–H groups in total. The van der Waals surface area contributed by atoms with Crippen LogP contribution in [0.4, 0.5) is 0 Å². The van der Waals surface area contributed by atoms with Gasteiger partial charge in [0.25, 0.3) is 11.5 Å². The van der Waals surface area contributed by atoms with E-state index in [2.05, 4.69) is 10.3 Å². The number of benzene rings is 1. The van der Waals surface area contributed by atoms with Gasteiger partial charge in [-0.3, -0.25) is 14.2 Å². The molecule has 1 aromatic heterocycles. The van der Waals surface area contributed by atoms with Gasteiger partial charge < -0.3 is 5.32 Å². The third kappa shape index (κ3) is 4.66. The molecule has 0 unspecified atom stereocenters. The highest BCUT2D eigenvalue weighted by molar-refractivity contribution is 7.89. The highest BCUT2D eigenvalue weighted by atomic mass is 32.2. The Morgan fingerprint density at radius 2 is 1.82 bits per heavy atom. The van der Waals surface area contributed by atoms with Gasteiger partial charge in [-0.2, -0.15) is 4.31 Å². The van der Waals surface area contributed by atoms with Gasteiger partial charge in [0, 0.05) is 43.5 Å². The fourth-order valence-corrected chi connectivity index (χ4v) is 4.63. The van der Waals surface area contributed by atoms with Crippen LogP contribution in [0.3, 0.4) is 0 Å². The number of nitrogens with zero attached hydrogens (tertiary/aromatic N) is 3. The van der Waals surface area contributed by atoms with Crippen LogP contribution >= 0.6 is 0 Å². The highest BCUT2D eigenvalue weighted by Gasteiger charge is 2.25. The summed E-state index contributed by atoms with van der Waals surface area (Å²) < 4.78 is 28.2. The van der Waals surface area contributed by atoms with E-state index in [1.54, 1.807) is 6.92 Å². The van der Waals surface area contributed by atoms with Gasteiger partial charge in [0.05, 0.1) is 11.2 Å². The van der Waals surface area contributed by atoms with Crippen molar-refractivity contribution >= 4 is 15.9 Å². The third-order valence-corrected chi connectivity index (χ3v) is 6.64.